The van der Waals surface area contributed by atoms with Gasteiger partial charge in [-0.2, -0.15) is 0 Å². The molecule has 1 fully saturated rings. The average Bonchev–Trinajstić information content (AvgIpc) is 3.80. The van der Waals surface area contributed by atoms with Gasteiger partial charge in [-0.1, -0.05) is 42.4 Å². The highest BCUT2D eigenvalue weighted by molar-refractivity contribution is 6.02. The number of nitrogens with two attached hydrogens (primary N) is 1. The smallest absolute Gasteiger partial charge is 0.264 e. The third-order valence-corrected chi connectivity index (χ3v) is 6.48. The summed E-state index contributed by atoms with van der Waals surface area (Å²) >= 11 is 0. The van der Waals surface area contributed by atoms with Crippen LogP contribution in [-0.4, -0.2) is 42.2 Å². The Kier molecular flexibility index (Phi) is 7.12. The third-order valence-electron chi connectivity index (χ3n) is 6.48. The van der Waals surface area contributed by atoms with Crippen LogP contribution in [0.1, 0.15) is 60.8 Å². The van der Waals surface area contributed by atoms with Gasteiger partial charge in [0.2, 0.25) is 5.95 Å². The fraction of sp³-hybridized carbons (Fsp3) is 0.286. The zero-order valence-corrected chi connectivity index (χ0v) is 21.3. The lowest BCUT2D eigenvalue weighted by molar-refractivity contribution is 0.318. The Morgan fingerprint density at radius 3 is 2.50 bits per heavy atom. The van der Waals surface area contributed by atoms with E-state index < -0.39 is 0 Å². The first-order chi connectivity index (χ1) is 18.5. The molecular formula is C28H29N7O3. The minimum absolute atomic E-state index is 0.0120. The van der Waals surface area contributed by atoms with Gasteiger partial charge in [0.05, 0.1) is 30.4 Å². The Hall–Kier alpha value is -4.60. The first kappa shape index (κ1) is 25.1. The van der Waals surface area contributed by atoms with Gasteiger partial charge in [-0.3, -0.25) is 9.78 Å². The number of hydrogen-bond acceptors (Lipinski definition) is 8. The number of benzene rings is 1. The van der Waals surface area contributed by atoms with Gasteiger partial charge >= 0.3 is 0 Å². The molecule has 1 aliphatic carbocycles. The molecule has 5 rings (SSSR count). The lowest BCUT2D eigenvalue weighted by Crippen LogP contribution is -2.30. The summed E-state index contributed by atoms with van der Waals surface area (Å²) in [4.78, 5) is 32.3. The molecule has 0 bridgehead atoms. The van der Waals surface area contributed by atoms with Crippen LogP contribution in [0, 0.1) is 0 Å². The molecule has 1 saturated carbocycles. The first-order valence-electron chi connectivity index (χ1n) is 12.7. The summed E-state index contributed by atoms with van der Waals surface area (Å²) in [7, 11) is 0. The summed E-state index contributed by atoms with van der Waals surface area (Å²) in [5.74, 6) is 1.81. The number of rotatable bonds is 9. The third kappa shape index (κ3) is 4.97. The number of amidine groups is 1. The van der Waals surface area contributed by atoms with Crippen LogP contribution < -0.4 is 16.0 Å². The molecule has 3 N–H and O–H groups in total. The van der Waals surface area contributed by atoms with Crippen LogP contribution in [0.3, 0.4) is 0 Å². The number of aryl methyl sites for hydroxylation is 1. The number of aromatic nitrogens is 5. The number of oxime groups is 1. The van der Waals surface area contributed by atoms with Gasteiger partial charge in [0.25, 0.3) is 5.56 Å². The van der Waals surface area contributed by atoms with Crippen LogP contribution in [0.2, 0.25) is 0 Å². The molecule has 0 saturated heterocycles. The van der Waals surface area contributed by atoms with Crippen molar-refractivity contribution in [2.45, 2.75) is 45.4 Å². The maximum Gasteiger partial charge on any atom is 0.264 e. The van der Waals surface area contributed by atoms with Crippen molar-refractivity contribution < 1.29 is 9.94 Å². The lowest BCUT2D eigenvalue weighted by Gasteiger charge is -2.16. The first-order valence-corrected chi connectivity index (χ1v) is 12.7. The average molecular weight is 512 g/mol. The molecule has 3 heterocycles. The monoisotopic (exact) mass is 511 g/mol. The SMILES string of the molecule is CCOc1cnc(-n2c(C3CC3)nc(CC)c(Cc3ccc(-c4ccccc4/C(N)=N\O)nc3)c2=O)nc1. The molecule has 0 amide bonds. The second-order valence-corrected chi connectivity index (χ2v) is 9.07. The van der Waals surface area contributed by atoms with Gasteiger partial charge < -0.3 is 15.7 Å². The maximum atomic E-state index is 13.9. The molecule has 0 radical (unpaired) electrons. The van der Waals surface area contributed by atoms with E-state index in [4.69, 9.17) is 20.7 Å². The van der Waals surface area contributed by atoms with Crippen molar-refractivity contribution >= 4 is 5.84 Å². The Bertz CT molecular complexity index is 1530. The normalized spacial score (nSPS) is 13.5. The standard InChI is InChI=1S/C28H29N7O3/c1-3-23-22(13-17-9-12-24(30-14-17)20-7-5-6-8-21(20)25(29)34-37)27(36)35(26(33-23)18-10-11-18)28-31-15-19(16-32-28)38-4-2/h5-9,12,14-16,18,37H,3-4,10-11,13H2,1-2H3,(H2,29,34). The van der Waals surface area contributed by atoms with Crippen molar-refractivity contribution in [2.24, 2.45) is 10.9 Å². The van der Waals surface area contributed by atoms with Crippen molar-refractivity contribution in [3.05, 3.63) is 93.6 Å². The van der Waals surface area contributed by atoms with E-state index in [9.17, 15) is 4.79 Å². The van der Waals surface area contributed by atoms with E-state index in [0.29, 0.717) is 53.8 Å². The van der Waals surface area contributed by atoms with Crippen molar-refractivity contribution in [1.82, 2.24) is 24.5 Å². The topological polar surface area (TPSA) is 141 Å². The van der Waals surface area contributed by atoms with Crippen molar-refractivity contribution in [3.8, 4) is 23.0 Å². The number of pyridine rings is 1. The summed E-state index contributed by atoms with van der Waals surface area (Å²) in [5, 5.41) is 12.3. The lowest BCUT2D eigenvalue weighted by atomic mass is 10.0. The highest BCUT2D eigenvalue weighted by Gasteiger charge is 2.31. The Morgan fingerprint density at radius 1 is 1.11 bits per heavy atom. The second kappa shape index (κ2) is 10.8. The van der Waals surface area contributed by atoms with Gasteiger partial charge in [-0.25, -0.2) is 19.5 Å². The molecule has 0 spiro atoms. The molecule has 38 heavy (non-hydrogen) atoms. The minimum atomic E-state index is -0.163. The molecule has 1 aliphatic rings. The van der Waals surface area contributed by atoms with Gasteiger partial charge in [-0.15, -0.1) is 0 Å². The second-order valence-electron chi connectivity index (χ2n) is 9.07. The van der Waals surface area contributed by atoms with E-state index >= 15 is 0 Å². The predicted molar refractivity (Wildman–Crippen MR) is 143 cm³/mol. The quantitative estimate of drug-likeness (QED) is 0.150. The van der Waals surface area contributed by atoms with Gasteiger partial charge in [0.15, 0.2) is 11.6 Å². The number of nitrogens with zero attached hydrogens (tertiary/aromatic N) is 6. The molecule has 194 valence electrons. The molecule has 10 heteroatoms. The van der Waals surface area contributed by atoms with E-state index in [0.717, 1.165) is 29.7 Å². The molecule has 0 atom stereocenters. The summed E-state index contributed by atoms with van der Waals surface area (Å²) in [6.07, 6.45) is 7.88. The molecule has 1 aromatic carbocycles. The van der Waals surface area contributed by atoms with Crippen molar-refractivity contribution in [3.63, 3.8) is 0 Å². The van der Waals surface area contributed by atoms with E-state index in [1.807, 2.05) is 44.2 Å². The van der Waals surface area contributed by atoms with Crippen LogP contribution in [0.15, 0.2) is 64.9 Å². The molecule has 0 unspecified atom stereocenters. The van der Waals surface area contributed by atoms with E-state index in [2.05, 4.69) is 20.1 Å². The Labute approximate surface area is 219 Å². The van der Waals surface area contributed by atoms with E-state index in [1.165, 1.54) is 0 Å². The Balaban J connectivity index is 1.52. The van der Waals surface area contributed by atoms with Gasteiger partial charge in [0, 0.05) is 35.2 Å². The molecule has 3 aromatic heterocycles. The maximum absolute atomic E-state index is 13.9. The summed E-state index contributed by atoms with van der Waals surface area (Å²) in [6.45, 7) is 4.40. The molecule has 10 nitrogen and oxygen atoms in total. The predicted octanol–water partition coefficient (Wildman–Crippen LogP) is 3.61. The zero-order chi connectivity index (χ0) is 26.6. The number of ether oxygens (including phenoxy) is 1. The van der Waals surface area contributed by atoms with Crippen LogP contribution in [0.4, 0.5) is 0 Å². The highest BCUT2D eigenvalue weighted by atomic mass is 16.5. The van der Waals surface area contributed by atoms with Crippen LogP contribution in [0.5, 0.6) is 5.75 Å². The Morgan fingerprint density at radius 2 is 1.87 bits per heavy atom. The number of hydrogen-bond donors (Lipinski definition) is 2. The van der Waals surface area contributed by atoms with E-state index in [-0.39, 0.29) is 17.3 Å². The van der Waals surface area contributed by atoms with E-state index in [1.54, 1.807) is 29.2 Å². The van der Waals surface area contributed by atoms with Gasteiger partial charge in [0.1, 0.15) is 5.82 Å². The van der Waals surface area contributed by atoms with Crippen LogP contribution in [0.25, 0.3) is 17.2 Å². The fourth-order valence-electron chi connectivity index (χ4n) is 4.44. The summed E-state index contributed by atoms with van der Waals surface area (Å²) in [5.41, 5.74) is 9.93. The van der Waals surface area contributed by atoms with Crippen molar-refractivity contribution in [2.75, 3.05) is 6.61 Å². The van der Waals surface area contributed by atoms with Crippen molar-refractivity contribution in [1.29, 1.82) is 0 Å². The zero-order valence-electron chi connectivity index (χ0n) is 21.3. The molecule has 0 aliphatic heterocycles. The fourth-order valence-corrected chi connectivity index (χ4v) is 4.44. The van der Waals surface area contributed by atoms with Crippen LogP contribution in [-0.2, 0) is 12.8 Å². The molecule has 4 aromatic rings. The largest absolute Gasteiger partial charge is 0.491 e. The minimum Gasteiger partial charge on any atom is -0.491 e. The summed E-state index contributed by atoms with van der Waals surface area (Å²) < 4.78 is 7.02. The highest BCUT2D eigenvalue weighted by Crippen LogP contribution is 2.39. The molecular weight excluding hydrogens is 482 g/mol. The van der Waals surface area contributed by atoms with Gasteiger partial charge in [-0.05, 0) is 37.8 Å². The summed E-state index contributed by atoms with van der Waals surface area (Å²) in [6, 6.07) is 11.1. The van der Waals surface area contributed by atoms with Crippen LogP contribution >= 0.6 is 0 Å².